The van der Waals surface area contributed by atoms with Gasteiger partial charge < -0.3 is 10.4 Å². The lowest BCUT2D eigenvalue weighted by atomic mass is 10.2. The molecular weight excluding hydrogens is 285 g/mol. The van der Waals surface area contributed by atoms with E-state index in [9.17, 15) is 5.11 Å². The Balaban J connectivity index is 2.12. The van der Waals surface area contributed by atoms with Gasteiger partial charge in [0.1, 0.15) is 11.8 Å². The molecule has 0 saturated heterocycles. The van der Waals surface area contributed by atoms with E-state index >= 15 is 0 Å². The number of nitriles is 1. The Labute approximate surface area is 120 Å². The van der Waals surface area contributed by atoms with Gasteiger partial charge >= 0.3 is 0 Å². The molecule has 0 fully saturated rings. The van der Waals surface area contributed by atoms with Crippen LogP contribution in [0.4, 0.5) is 5.69 Å². The predicted octanol–water partition coefficient (Wildman–Crippen LogP) is 3.58. The fourth-order valence-electron chi connectivity index (χ4n) is 1.49. The predicted molar refractivity (Wildman–Crippen MR) is 74.4 cm³/mol. The molecular formula is C13H9Cl2N3O. The number of phenols is 1. The van der Waals surface area contributed by atoms with E-state index in [0.29, 0.717) is 22.9 Å². The van der Waals surface area contributed by atoms with Crippen LogP contribution in [0.2, 0.25) is 10.0 Å². The third-order valence-corrected chi connectivity index (χ3v) is 2.96. The number of phenolic OH excluding ortho intramolecular Hbond substituents is 1. The first kappa shape index (κ1) is 13.5. The van der Waals surface area contributed by atoms with Crippen molar-refractivity contribution >= 4 is 28.9 Å². The molecule has 6 heteroatoms. The van der Waals surface area contributed by atoms with Crippen molar-refractivity contribution in [3.63, 3.8) is 0 Å². The highest BCUT2D eigenvalue weighted by Gasteiger charge is 2.07. The van der Waals surface area contributed by atoms with Crippen molar-refractivity contribution in [3.05, 3.63) is 51.8 Å². The molecule has 2 rings (SSSR count). The normalized spacial score (nSPS) is 9.95. The lowest BCUT2D eigenvalue weighted by Crippen LogP contribution is -2.00. The second-order valence-corrected chi connectivity index (χ2v) is 4.64. The monoisotopic (exact) mass is 293 g/mol. The first-order valence-corrected chi connectivity index (χ1v) is 6.12. The van der Waals surface area contributed by atoms with Gasteiger partial charge in [-0.25, -0.2) is 4.98 Å². The van der Waals surface area contributed by atoms with Crippen molar-refractivity contribution in [2.75, 3.05) is 5.32 Å². The van der Waals surface area contributed by atoms with Gasteiger partial charge in [-0.3, -0.25) is 0 Å². The quantitative estimate of drug-likeness (QED) is 0.849. The van der Waals surface area contributed by atoms with Crippen LogP contribution in [0.5, 0.6) is 5.75 Å². The van der Waals surface area contributed by atoms with E-state index < -0.39 is 0 Å². The van der Waals surface area contributed by atoms with E-state index in [1.165, 1.54) is 6.07 Å². The van der Waals surface area contributed by atoms with E-state index in [0.717, 1.165) is 5.56 Å². The number of anilines is 1. The summed E-state index contributed by atoms with van der Waals surface area (Å²) in [5, 5.41) is 22.0. The summed E-state index contributed by atoms with van der Waals surface area (Å²) in [6.45, 7) is 0.433. The summed E-state index contributed by atoms with van der Waals surface area (Å²) in [7, 11) is 0. The van der Waals surface area contributed by atoms with Crippen LogP contribution >= 0.6 is 23.2 Å². The SMILES string of the molecule is N#Cc1ccc(CNc2cc(Cl)cc(Cl)c2O)cn1. The summed E-state index contributed by atoms with van der Waals surface area (Å²) >= 11 is 11.7. The zero-order chi connectivity index (χ0) is 13.8. The maximum Gasteiger partial charge on any atom is 0.157 e. The topological polar surface area (TPSA) is 68.9 Å². The number of nitrogens with zero attached hydrogens (tertiary/aromatic N) is 2. The maximum atomic E-state index is 9.77. The summed E-state index contributed by atoms with van der Waals surface area (Å²) < 4.78 is 0. The Morgan fingerprint density at radius 2 is 2.11 bits per heavy atom. The second-order valence-electron chi connectivity index (χ2n) is 3.80. The molecule has 2 aromatic rings. The number of halogens is 2. The van der Waals surface area contributed by atoms with Crippen LogP contribution in [0.25, 0.3) is 0 Å². The number of aromatic nitrogens is 1. The number of benzene rings is 1. The van der Waals surface area contributed by atoms with Crippen LogP contribution < -0.4 is 5.32 Å². The van der Waals surface area contributed by atoms with Gasteiger partial charge in [0.2, 0.25) is 0 Å². The van der Waals surface area contributed by atoms with Crippen molar-refractivity contribution in [1.29, 1.82) is 5.26 Å². The van der Waals surface area contributed by atoms with Gasteiger partial charge in [0.05, 0.1) is 10.7 Å². The molecule has 0 amide bonds. The third kappa shape index (κ3) is 3.28. The standard InChI is InChI=1S/C13H9Cl2N3O/c14-9-3-11(15)13(19)12(4-9)18-7-8-1-2-10(5-16)17-6-8/h1-4,6,18-19H,7H2. The van der Waals surface area contributed by atoms with Crippen molar-refractivity contribution in [3.8, 4) is 11.8 Å². The largest absolute Gasteiger partial charge is 0.504 e. The number of aromatic hydroxyl groups is 1. The number of hydrogen-bond donors (Lipinski definition) is 2. The fourth-order valence-corrected chi connectivity index (χ4v) is 1.99. The van der Waals surface area contributed by atoms with Crippen molar-refractivity contribution in [1.82, 2.24) is 4.98 Å². The molecule has 0 aliphatic rings. The maximum absolute atomic E-state index is 9.77. The van der Waals surface area contributed by atoms with E-state index in [4.69, 9.17) is 28.5 Å². The van der Waals surface area contributed by atoms with E-state index in [-0.39, 0.29) is 10.8 Å². The minimum Gasteiger partial charge on any atom is -0.504 e. The Morgan fingerprint density at radius 3 is 2.74 bits per heavy atom. The van der Waals surface area contributed by atoms with Gasteiger partial charge in [-0.2, -0.15) is 5.26 Å². The fraction of sp³-hybridized carbons (Fsp3) is 0.0769. The summed E-state index contributed by atoms with van der Waals surface area (Å²) in [4.78, 5) is 3.95. The van der Waals surface area contributed by atoms with Crippen LogP contribution in [-0.4, -0.2) is 10.1 Å². The zero-order valence-corrected chi connectivity index (χ0v) is 11.2. The second kappa shape index (κ2) is 5.79. The molecule has 0 aliphatic carbocycles. The molecule has 0 bridgehead atoms. The van der Waals surface area contributed by atoms with Crippen molar-refractivity contribution in [2.24, 2.45) is 0 Å². The van der Waals surface area contributed by atoms with Crippen LogP contribution in [0.3, 0.4) is 0 Å². The Kier molecular flexibility index (Phi) is 4.10. The minimum absolute atomic E-state index is 0.0485. The highest BCUT2D eigenvalue weighted by Crippen LogP contribution is 2.35. The molecule has 0 saturated carbocycles. The summed E-state index contributed by atoms with van der Waals surface area (Å²) in [6.07, 6.45) is 1.59. The third-order valence-electron chi connectivity index (χ3n) is 2.45. The molecule has 0 unspecified atom stereocenters. The Morgan fingerprint density at radius 1 is 1.32 bits per heavy atom. The lowest BCUT2D eigenvalue weighted by Gasteiger charge is -2.10. The van der Waals surface area contributed by atoms with Crippen LogP contribution in [0.1, 0.15) is 11.3 Å². The Bertz CT molecular complexity index is 636. The van der Waals surface area contributed by atoms with Crippen molar-refractivity contribution < 1.29 is 5.11 Å². The van der Waals surface area contributed by atoms with E-state index in [2.05, 4.69) is 10.3 Å². The summed E-state index contributed by atoms with van der Waals surface area (Å²) in [5.74, 6) is -0.0485. The summed E-state index contributed by atoms with van der Waals surface area (Å²) in [6, 6.07) is 8.40. The average Bonchev–Trinajstić information content (AvgIpc) is 2.41. The first-order chi connectivity index (χ1) is 9.10. The average molecular weight is 294 g/mol. The van der Waals surface area contributed by atoms with Gasteiger partial charge in [-0.15, -0.1) is 0 Å². The van der Waals surface area contributed by atoms with Gasteiger partial charge in [0, 0.05) is 17.8 Å². The highest BCUT2D eigenvalue weighted by molar-refractivity contribution is 6.36. The molecule has 19 heavy (non-hydrogen) atoms. The Hall–Kier alpha value is -1.96. The van der Waals surface area contributed by atoms with Crippen LogP contribution in [-0.2, 0) is 6.54 Å². The molecule has 0 spiro atoms. The lowest BCUT2D eigenvalue weighted by molar-refractivity contribution is 0.477. The molecule has 4 nitrogen and oxygen atoms in total. The summed E-state index contributed by atoms with van der Waals surface area (Å²) in [5.41, 5.74) is 1.67. The minimum atomic E-state index is -0.0485. The number of hydrogen-bond acceptors (Lipinski definition) is 4. The molecule has 0 atom stereocenters. The first-order valence-electron chi connectivity index (χ1n) is 5.37. The van der Waals surface area contributed by atoms with E-state index in [1.54, 1.807) is 24.4 Å². The molecule has 1 aromatic carbocycles. The zero-order valence-electron chi connectivity index (χ0n) is 9.69. The van der Waals surface area contributed by atoms with E-state index in [1.807, 2.05) is 6.07 Å². The van der Waals surface area contributed by atoms with Crippen LogP contribution in [0, 0.1) is 11.3 Å². The number of nitrogens with one attached hydrogen (secondary N) is 1. The van der Waals surface area contributed by atoms with Gasteiger partial charge in [-0.1, -0.05) is 29.3 Å². The highest BCUT2D eigenvalue weighted by atomic mass is 35.5. The molecule has 0 radical (unpaired) electrons. The van der Waals surface area contributed by atoms with Gasteiger partial charge in [0.15, 0.2) is 5.75 Å². The number of pyridine rings is 1. The molecule has 2 N–H and O–H groups in total. The smallest absolute Gasteiger partial charge is 0.157 e. The van der Waals surface area contributed by atoms with Crippen LogP contribution in [0.15, 0.2) is 30.5 Å². The molecule has 1 heterocycles. The number of rotatable bonds is 3. The molecule has 1 aromatic heterocycles. The van der Waals surface area contributed by atoms with Crippen molar-refractivity contribution in [2.45, 2.75) is 6.54 Å². The molecule has 0 aliphatic heterocycles. The van der Waals surface area contributed by atoms with Gasteiger partial charge in [0.25, 0.3) is 0 Å². The molecule has 96 valence electrons. The van der Waals surface area contributed by atoms with Gasteiger partial charge in [-0.05, 0) is 23.8 Å².